The quantitative estimate of drug-likeness (QED) is 0.747. The van der Waals surface area contributed by atoms with E-state index in [-0.39, 0.29) is 0 Å². The lowest BCUT2D eigenvalue weighted by molar-refractivity contribution is 0.182. The lowest BCUT2D eigenvalue weighted by atomic mass is 10.2. The molecule has 0 spiro atoms. The second kappa shape index (κ2) is 7.84. The van der Waals surface area contributed by atoms with Crippen molar-refractivity contribution < 1.29 is 4.74 Å². The summed E-state index contributed by atoms with van der Waals surface area (Å²) in [5, 5.41) is 7.77. The summed E-state index contributed by atoms with van der Waals surface area (Å²) in [4.78, 5) is 0. The minimum absolute atomic E-state index is 0.692. The Hall–Kier alpha value is -0.390. The van der Waals surface area contributed by atoms with Crippen LogP contribution in [-0.4, -0.2) is 36.6 Å². The molecule has 0 fully saturated rings. The van der Waals surface area contributed by atoms with Gasteiger partial charge in [0.05, 0.1) is 29.5 Å². The highest BCUT2D eigenvalue weighted by Crippen LogP contribution is 2.16. The van der Waals surface area contributed by atoms with Gasteiger partial charge in [-0.1, -0.05) is 13.8 Å². The van der Waals surface area contributed by atoms with Crippen molar-refractivity contribution in [3.05, 3.63) is 16.4 Å². The number of aromatic nitrogens is 2. The zero-order valence-corrected chi connectivity index (χ0v) is 12.5. The zero-order valence-electron chi connectivity index (χ0n) is 10.9. The molecule has 5 heteroatoms. The standard InChI is InChI=1S/C12H22BrN3O/c1-10(2)8-14-5-4-12-11(13)9-15-16(12)6-7-17-3/h9-10,14H,4-8H2,1-3H3. The lowest BCUT2D eigenvalue weighted by Crippen LogP contribution is -2.23. The molecule has 1 rings (SSSR count). The van der Waals surface area contributed by atoms with Gasteiger partial charge in [0.1, 0.15) is 0 Å². The molecule has 0 bridgehead atoms. The third kappa shape index (κ3) is 5.19. The van der Waals surface area contributed by atoms with Gasteiger partial charge in [-0.15, -0.1) is 0 Å². The van der Waals surface area contributed by atoms with Crippen molar-refractivity contribution in [3.8, 4) is 0 Å². The van der Waals surface area contributed by atoms with Crippen molar-refractivity contribution in [2.24, 2.45) is 5.92 Å². The molecule has 0 aliphatic carbocycles. The van der Waals surface area contributed by atoms with Gasteiger partial charge in [-0.2, -0.15) is 5.10 Å². The fraction of sp³-hybridized carbons (Fsp3) is 0.750. The molecule has 0 radical (unpaired) electrons. The molecular weight excluding hydrogens is 282 g/mol. The van der Waals surface area contributed by atoms with E-state index in [1.54, 1.807) is 7.11 Å². The first kappa shape index (κ1) is 14.7. The van der Waals surface area contributed by atoms with E-state index in [0.29, 0.717) is 12.5 Å². The van der Waals surface area contributed by atoms with E-state index < -0.39 is 0 Å². The maximum absolute atomic E-state index is 5.08. The Labute approximate surface area is 112 Å². The van der Waals surface area contributed by atoms with Crippen LogP contribution in [0.5, 0.6) is 0 Å². The molecule has 4 nitrogen and oxygen atoms in total. The summed E-state index contributed by atoms with van der Waals surface area (Å²) in [6.45, 7) is 7.97. The Morgan fingerprint density at radius 1 is 1.53 bits per heavy atom. The van der Waals surface area contributed by atoms with Crippen LogP contribution >= 0.6 is 15.9 Å². The first-order valence-electron chi connectivity index (χ1n) is 6.05. The molecule has 0 amide bonds. The highest BCUT2D eigenvalue weighted by Gasteiger charge is 2.08. The predicted molar refractivity (Wildman–Crippen MR) is 73.2 cm³/mol. The number of hydrogen-bond donors (Lipinski definition) is 1. The molecule has 1 heterocycles. The topological polar surface area (TPSA) is 39.1 Å². The number of nitrogens with one attached hydrogen (secondary N) is 1. The summed E-state index contributed by atoms with van der Waals surface area (Å²) >= 11 is 3.54. The smallest absolute Gasteiger partial charge is 0.0658 e. The van der Waals surface area contributed by atoms with Crippen molar-refractivity contribution in [2.75, 3.05) is 26.8 Å². The van der Waals surface area contributed by atoms with Crippen LogP contribution in [0.4, 0.5) is 0 Å². The number of halogens is 1. The van der Waals surface area contributed by atoms with Crippen LogP contribution in [0.2, 0.25) is 0 Å². The second-order valence-corrected chi connectivity index (χ2v) is 5.36. The maximum Gasteiger partial charge on any atom is 0.0658 e. The third-order valence-electron chi connectivity index (χ3n) is 2.50. The van der Waals surface area contributed by atoms with Crippen molar-refractivity contribution >= 4 is 15.9 Å². The Bertz CT molecular complexity index is 326. The highest BCUT2D eigenvalue weighted by molar-refractivity contribution is 9.10. The number of rotatable bonds is 8. The van der Waals surface area contributed by atoms with Crippen molar-refractivity contribution in [1.82, 2.24) is 15.1 Å². The van der Waals surface area contributed by atoms with Gasteiger partial charge in [0.25, 0.3) is 0 Å². The lowest BCUT2D eigenvalue weighted by Gasteiger charge is -2.10. The number of methoxy groups -OCH3 is 1. The van der Waals surface area contributed by atoms with Crippen LogP contribution < -0.4 is 5.32 Å². The molecule has 98 valence electrons. The van der Waals surface area contributed by atoms with Gasteiger partial charge in [0.15, 0.2) is 0 Å². The summed E-state index contributed by atoms with van der Waals surface area (Å²) < 4.78 is 8.16. The molecule has 1 N–H and O–H groups in total. The SMILES string of the molecule is COCCn1ncc(Br)c1CCNCC(C)C. The minimum Gasteiger partial charge on any atom is -0.383 e. The molecule has 0 aromatic carbocycles. The van der Waals surface area contributed by atoms with Gasteiger partial charge in [-0.25, -0.2) is 0 Å². The Balaban J connectivity index is 2.42. The van der Waals surface area contributed by atoms with Gasteiger partial charge in [-0.3, -0.25) is 4.68 Å². The average Bonchev–Trinajstić information content (AvgIpc) is 2.63. The summed E-state index contributed by atoms with van der Waals surface area (Å²) in [7, 11) is 1.71. The van der Waals surface area contributed by atoms with Crippen LogP contribution in [0.1, 0.15) is 19.5 Å². The van der Waals surface area contributed by atoms with Crippen LogP contribution in [0.3, 0.4) is 0 Å². The van der Waals surface area contributed by atoms with Crippen LogP contribution in [0, 0.1) is 5.92 Å². The zero-order chi connectivity index (χ0) is 12.7. The van der Waals surface area contributed by atoms with Gasteiger partial charge >= 0.3 is 0 Å². The molecule has 1 aromatic rings. The normalized spacial score (nSPS) is 11.4. The predicted octanol–water partition coefficient (Wildman–Crippen LogP) is 2.08. The summed E-state index contributed by atoms with van der Waals surface area (Å²) in [5.41, 5.74) is 1.23. The molecule has 0 aliphatic heterocycles. The van der Waals surface area contributed by atoms with E-state index >= 15 is 0 Å². The van der Waals surface area contributed by atoms with E-state index in [4.69, 9.17) is 4.74 Å². The van der Waals surface area contributed by atoms with Crippen molar-refractivity contribution in [2.45, 2.75) is 26.8 Å². The number of ether oxygens (including phenoxy) is 1. The maximum atomic E-state index is 5.08. The van der Waals surface area contributed by atoms with Crippen LogP contribution in [0.15, 0.2) is 10.7 Å². The van der Waals surface area contributed by atoms with Gasteiger partial charge < -0.3 is 10.1 Å². The fourth-order valence-electron chi connectivity index (χ4n) is 1.60. The van der Waals surface area contributed by atoms with E-state index in [1.807, 2.05) is 10.9 Å². The molecule has 0 aliphatic rings. The van der Waals surface area contributed by atoms with Crippen LogP contribution in [-0.2, 0) is 17.7 Å². The molecule has 0 saturated carbocycles. The third-order valence-corrected chi connectivity index (χ3v) is 3.16. The fourth-order valence-corrected chi connectivity index (χ4v) is 2.10. The van der Waals surface area contributed by atoms with Crippen molar-refractivity contribution in [1.29, 1.82) is 0 Å². The molecular formula is C12H22BrN3O. The molecule has 0 saturated heterocycles. The van der Waals surface area contributed by atoms with Gasteiger partial charge in [0.2, 0.25) is 0 Å². The highest BCUT2D eigenvalue weighted by atomic mass is 79.9. The molecule has 0 atom stereocenters. The van der Waals surface area contributed by atoms with Gasteiger partial charge in [0, 0.05) is 20.1 Å². The van der Waals surface area contributed by atoms with E-state index in [2.05, 4.69) is 40.2 Å². The largest absolute Gasteiger partial charge is 0.383 e. The minimum atomic E-state index is 0.692. The van der Waals surface area contributed by atoms with E-state index in [9.17, 15) is 0 Å². The first-order chi connectivity index (χ1) is 8.15. The van der Waals surface area contributed by atoms with Crippen LogP contribution in [0.25, 0.3) is 0 Å². The first-order valence-corrected chi connectivity index (χ1v) is 6.84. The van der Waals surface area contributed by atoms with E-state index in [0.717, 1.165) is 30.5 Å². The van der Waals surface area contributed by atoms with Crippen molar-refractivity contribution in [3.63, 3.8) is 0 Å². The Morgan fingerprint density at radius 2 is 2.29 bits per heavy atom. The molecule has 1 aromatic heterocycles. The Morgan fingerprint density at radius 3 is 2.94 bits per heavy atom. The summed E-state index contributed by atoms with van der Waals surface area (Å²) in [6, 6.07) is 0. The number of nitrogens with zero attached hydrogens (tertiary/aromatic N) is 2. The Kier molecular flexibility index (Phi) is 6.77. The second-order valence-electron chi connectivity index (χ2n) is 4.50. The number of hydrogen-bond acceptors (Lipinski definition) is 3. The molecule has 0 unspecified atom stereocenters. The van der Waals surface area contributed by atoms with Gasteiger partial charge in [-0.05, 0) is 28.4 Å². The average molecular weight is 304 g/mol. The monoisotopic (exact) mass is 303 g/mol. The summed E-state index contributed by atoms with van der Waals surface area (Å²) in [6.07, 6.45) is 2.84. The summed E-state index contributed by atoms with van der Waals surface area (Å²) in [5.74, 6) is 0.692. The van der Waals surface area contributed by atoms with E-state index in [1.165, 1.54) is 5.69 Å². The molecule has 17 heavy (non-hydrogen) atoms.